The number of carbonyl (C=O) groups is 1. The number of primary amides is 1. The first-order valence-corrected chi connectivity index (χ1v) is 12.2. The van der Waals surface area contributed by atoms with Crippen molar-refractivity contribution in [1.29, 1.82) is 0 Å². The molecular formula is C19H24N2O7S2. The monoisotopic (exact) mass is 456 g/mol. The van der Waals surface area contributed by atoms with E-state index in [1.54, 1.807) is 26.0 Å². The van der Waals surface area contributed by atoms with E-state index in [0.29, 0.717) is 11.1 Å². The molecule has 0 radical (unpaired) electrons. The summed E-state index contributed by atoms with van der Waals surface area (Å²) in [7, 11) is -7.55. The van der Waals surface area contributed by atoms with E-state index >= 15 is 0 Å². The van der Waals surface area contributed by atoms with Gasteiger partial charge in [0.1, 0.15) is 11.5 Å². The van der Waals surface area contributed by atoms with E-state index in [4.69, 9.17) is 14.1 Å². The Bertz CT molecular complexity index is 1070. The number of nitrogens with two attached hydrogens (primary N) is 1. The fraction of sp³-hybridized carbons (Fsp3) is 0.316. The zero-order valence-electron chi connectivity index (χ0n) is 17.1. The van der Waals surface area contributed by atoms with Crippen LogP contribution < -0.4 is 19.0 Å². The second-order valence-corrected chi connectivity index (χ2v) is 10.3. The molecule has 11 heteroatoms. The zero-order chi connectivity index (χ0) is 22.7. The van der Waals surface area contributed by atoms with Gasteiger partial charge in [-0.2, -0.15) is 16.8 Å². The first-order valence-electron chi connectivity index (χ1n) is 9.03. The molecule has 0 saturated heterocycles. The average molecular weight is 457 g/mol. The highest BCUT2D eigenvalue weighted by atomic mass is 32.2. The summed E-state index contributed by atoms with van der Waals surface area (Å²) in [5.74, 6) is -0.396. The molecule has 2 rings (SSSR count). The van der Waals surface area contributed by atoms with Crippen LogP contribution in [0.1, 0.15) is 25.0 Å². The number of aryl methyl sites for hydroxylation is 2. The van der Waals surface area contributed by atoms with Crippen LogP contribution in [-0.2, 0) is 20.2 Å². The van der Waals surface area contributed by atoms with Gasteiger partial charge in [-0.05, 0) is 63.1 Å². The van der Waals surface area contributed by atoms with Gasteiger partial charge in [0.25, 0.3) is 0 Å². The minimum absolute atomic E-state index is 0.0239. The Morgan fingerprint density at radius 1 is 0.800 bits per heavy atom. The van der Waals surface area contributed by atoms with Crippen LogP contribution in [-0.4, -0.2) is 34.4 Å². The van der Waals surface area contributed by atoms with Crippen LogP contribution in [0.25, 0.3) is 0 Å². The molecule has 0 aliphatic rings. The Labute approximate surface area is 176 Å². The first-order chi connectivity index (χ1) is 13.9. The summed E-state index contributed by atoms with van der Waals surface area (Å²) >= 11 is 0. The number of rotatable bonds is 8. The van der Waals surface area contributed by atoms with Crippen molar-refractivity contribution in [2.24, 2.45) is 5.73 Å². The molecule has 0 fully saturated rings. The van der Waals surface area contributed by atoms with Crippen LogP contribution in [0.5, 0.6) is 11.5 Å². The van der Waals surface area contributed by atoms with Crippen molar-refractivity contribution in [1.82, 2.24) is 0 Å². The first kappa shape index (κ1) is 23.5. The van der Waals surface area contributed by atoms with Crippen molar-refractivity contribution in [3.8, 4) is 11.5 Å². The second kappa shape index (κ2) is 8.92. The summed E-state index contributed by atoms with van der Waals surface area (Å²) in [6.45, 7) is 6.29. The van der Waals surface area contributed by atoms with Gasteiger partial charge in [-0.15, -0.1) is 0 Å². The molecule has 0 aliphatic carbocycles. The van der Waals surface area contributed by atoms with Crippen LogP contribution in [0.15, 0.2) is 36.4 Å². The molecule has 0 bridgehead atoms. The van der Waals surface area contributed by atoms with Crippen LogP contribution in [0.2, 0.25) is 0 Å². The summed E-state index contributed by atoms with van der Waals surface area (Å²) in [6, 6.07) is 8.10. The van der Waals surface area contributed by atoms with Crippen molar-refractivity contribution in [3.05, 3.63) is 47.5 Å². The number of benzene rings is 2. The van der Waals surface area contributed by atoms with Crippen molar-refractivity contribution >= 4 is 37.6 Å². The Morgan fingerprint density at radius 3 is 1.47 bits per heavy atom. The third kappa shape index (κ3) is 6.10. The summed E-state index contributed by atoms with van der Waals surface area (Å²) in [5.41, 5.74) is 7.32. The lowest BCUT2D eigenvalue weighted by atomic mass is 10.1. The Morgan fingerprint density at radius 2 is 1.17 bits per heavy atom. The number of amides is 2. The smallest absolute Gasteiger partial charge is 0.323 e. The number of nitrogens with zero attached hydrogens (tertiary/aromatic N) is 1. The van der Waals surface area contributed by atoms with Crippen LogP contribution in [0.4, 0.5) is 16.2 Å². The molecule has 0 heterocycles. The maximum absolute atomic E-state index is 12.3. The summed E-state index contributed by atoms with van der Waals surface area (Å²) in [5, 5.41) is 0. The molecule has 0 aliphatic heterocycles. The topological polar surface area (TPSA) is 133 Å². The minimum Gasteiger partial charge on any atom is -0.382 e. The predicted molar refractivity (Wildman–Crippen MR) is 114 cm³/mol. The van der Waals surface area contributed by atoms with Gasteiger partial charge in [0.05, 0.1) is 22.9 Å². The number of hydrogen-bond acceptors (Lipinski definition) is 7. The zero-order valence-corrected chi connectivity index (χ0v) is 18.7. The molecule has 0 aromatic heterocycles. The molecule has 2 amide bonds. The van der Waals surface area contributed by atoms with Gasteiger partial charge in [0, 0.05) is 12.1 Å². The number of hydrogen-bond donors (Lipinski definition) is 1. The van der Waals surface area contributed by atoms with E-state index in [2.05, 4.69) is 0 Å². The molecule has 2 aromatic rings. The van der Waals surface area contributed by atoms with Gasteiger partial charge in [0.15, 0.2) is 0 Å². The van der Waals surface area contributed by atoms with Gasteiger partial charge in [-0.25, -0.2) is 4.79 Å². The third-order valence-electron chi connectivity index (χ3n) is 3.96. The number of anilines is 2. The predicted octanol–water partition coefficient (Wildman–Crippen LogP) is 2.98. The highest BCUT2D eigenvalue weighted by molar-refractivity contribution is 7.87. The highest BCUT2D eigenvalue weighted by Gasteiger charge is 2.20. The molecule has 30 heavy (non-hydrogen) atoms. The lowest BCUT2D eigenvalue weighted by Gasteiger charge is -2.23. The average Bonchev–Trinajstić information content (AvgIpc) is 2.59. The highest BCUT2D eigenvalue weighted by Crippen LogP contribution is 2.33. The number of urea groups is 1. The quantitative estimate of drug-likeness (QED) is 0.604. The lowest BCUT2D eigenvalue weighted by Crippen LogP contribution is -2.31. The molecular weight excluding hydrogens is 432 g/mol. The summed E-state index contributed by atoms with van der Waals surface area (Å²) in [6.07, 6.45) is 0. The van der Waals surface area contributed by atoms with E-state index in [-0.39, 0.29) is 34.4 Å². The SMILES string of the molecule is CCS(=O)(=O)Oc1cc(C)cc(N(C(N)=O)c2cc(C)cc(OS(=O)(=O)CC)c2)c1. The standard InChI is InChI=1S/C19H24N2O7S2/c1-5-29(23,24)27-17-9-13(3)7-15(11-17)21(19(20)22)16-8-14(4)10-18(12-16)28-30(25,26)6-2/h7-12H,5-6H2,1-4H3,(H2,20,22). The van der Waals surface area contributed by atoms with Gasteiger partial charge in [0.2, 0.25) is 0 Å². The summed E-state index contributed by atoms with van der Waals surface area (Å²) in [4.78, 5) is 13.4. The van der Waals surface area contributed by atoms with Crippen LogP contribution in [0, 0.1) is 13.8 Å². The van der Waals surface area contributed by atoms with Gasteiger partial charge in [-0.1, -0.05) is 0 Å². The largest absolute Gasteiger partial charge is 0.382 e. The molecule has 164 valence electrons. The normalized spacial score (nSPS) is 11.7. The molecule has 9 nitrogen and oxygen atoms in total. The Hall–Kier alpha value is -2.79. The van der Waals surface area contributed by atoms with E-state index in [0.717, 1.165) is 4.90 Å². The van der Waals surface area contributed by atoms with E-state index in [9.17, 15) is 21.6 Å². The maximum Gasteiger partial charge on any atom is 0.323 e. The van der Waals surface area contributed by atoms with Crippen molar-refractivity contribution in [3.63, 3.8) is 0 Å². The van der Waals surface area contributed by atoms with E-state index in [1.165, 1.54) is 38.1 Å². The van der Waals surface area contributed by atoms with Gasteiger partial charge in [-0.3, -0.25) is 4.90 Å². The third-order valence-corrected chi connectivity index (χ3v) is 6.27. The minimum atomic E-state index is -3.77. The van der Waals surface area contributed by atoms with Crippen molar-refractivity contribution in [2.75, 3.05) is 16.4 Å². The van der Waals surface area contributed by atoms with E-state index < -0.39 is 26.3 Å². The second-order valence-electron chi connectivity index (χ2n) is 6.54. The van der Waals surface area contributed by atoms with Gasteiger partial charge >= 0.3 is 26.3 Å². The molecule has 0 atom stereocenters. The fourth-order valence-corrected chi connectivity index (χ4v) is 3.64. The van der Waals surface area contributed by atoms with Crippen LogP contribution >= 0.6 is 0 Å². The molecule has 0 unspecified atom stereocenters. The fourth-order valence-electron chi connectivity index (χ4n) is 2.63. The Kier molecular flexibility index (Phi) is 6.99. The maximum atomic E-state index is 12.3. The van der Waals surface area contributed by atoms with Crippen molar-refractivity contribution < 1.29 is 30.0 Å². The Balaban J connectivity index is 2.57. The molecule has 0 spiro atoms. The van der Waals surface area contributed by atoms with Gasteiger partial charge < -0.3 is 14.1 Å². The van der Waals surface area contributed by atoms with Crippen molar-refractivity contribution in [2.45, 2.75) is 27.7 Å². The summed E-state index contributed by atoms with van der Waals surface area (Å²) < 4.78 is 57.4. The lowest BCUT2D eigenvalue weighted by molar-refractivity contribution is 0.256. The van der Waals surface area contributed by atoms with E-state index in [1.807, 2.05) is 0 Å². The number of carbonyl (C=O) groups excluding carboxylic acids is 1. The molecule has 2 aromatic carbocycles. The molecule has 0 saturated carbocycles. The molecule has 2 N–H and O–H groups in total. The van der Waals surface area contributed by atoms with Crippen LogP contribution in [0.3, 0.4) is 0 Å².